The number of hydrogen-bond acceptors (Lipinski definition) is 4. The second-order valence-corrected chi connectivity index (χ2v) is 6.73. The van der Waals surface area contributed by atoms with Crippen molar-refractivity contribution >= 4 is 28.9 Å². The van der Waals surface area contributed by atoms with Crippen LogP contribution < -0.4 is 5.73 Å². The zero-order chi connectivity index (χ0) is 16.6. The number of carbonyl (C=O) groups is 2. The van der Waals surface area contributed by atoms with Crippen molar-refractivity contribution in [2.75, 3.05) is 0 Å². The molecule has 0 amide bonds. The lowest BCUT2D eigenvalue weighted by Crippen LogP contribution is -2.24. The normalized spacial score (nSPS) is 16.9. The minimum atomic E-state index is -0.932. The van der Waals surface area contributed by atoms with Gasteiger partial charge in [0.2, 0.25) is 0 Å². The Morgan fingerprint density at radius 3 is 2.78 bits per heavy atom. The standard InChI is InChI=1S/C17H16N2O3S/c18-17(19)14-6-5-13(23-14)10-3-4-12-9(7-10)1-2-11(16(12)22)8-15(20)21/h3-7,11H,1-2,8H2,(H3,18,19)(H,20,21). The number of hydrogen-bond donors (Lipinski definition) is 3. The summed E-state index contributed by atoms with van der Waals surface area (Å²) in [5, 5.41) is 16.4. The molecule has 1 aliphatic carbocycles. The summed E-state index contributed by atoms with van der Waals surface area (Å²) in [7, 11) is 0. The largest absolute Gasteiger partial charge is 0.481 e. The molecule has 23 heavy (non-hydrogen) atoms. The fraction of sp³-hybridized carbons (Fsp3) is 0.235. The predicted octanol–water partition coefficient (Wildman–Crippen LogP) is 2.92. The van der Waals surface area contributed by atoms with E-state index < -0.39 is 11.9 Å². The Morgan fingerprint density at radius 2 is 2.13 bits per heavy atom. The molecule has 0 bridgehead atoms. The molecule has 3 rings (SSSR count). The van der Waals surface area contributed by atoms with Crippen LogP contribution in [0.5, 0.6) is 0 Å². The van der Waals surface area contributed by atoms with E-state index in [2.05, 4.69) is 0 Å². The van der Waals surface area contributed by atoms with Gasteiger partial charge in [0.05, 0.1) is 11.3 Å². The molecule has 6 heteroatoms. The van der Waals surface area contributed by atoms with Crippen LogP contribution in [-0.4, -0.2) is 22.7 Å². The van der Waals surface area contributed by atoms with Crippen LogP contribution in [0.4, 0.5) is 0 Å². The number of fused-ring (bicyclic) bond motifs is 1. The van der Waals surface area contributed by atoms with Gasteiger partial charge in [-0.15, -0.1) is 11.3 Å². The molecular weight excluding hydrogens is 312 g/mol. The van der Waals surface area contributed by atoms with Crippen molar-refractivity contribution in [1.29, 1.82) is 5.41 Å². The SMILES string of the molecule is N=C(N)c1ccc(-c2ccc3c(c2)CCC(CC(=O)O)C3=O)s1. The number of carboxylic acids is 1. The number of rotatable bonds is 4. The molecule has 0 fully saturated rings. The Hall–Kier alpha value is -2.47. The van der Waals surface area contributed by atoms with Crippen LogP contribution in [-0.2, 0) is 11.2 Å². The first-order chi connectivity index (χ1) is 11.0. The molecule has 1 unspecified atom stereocenters. The van der Waals surface area contributed by atoms with Crippen LogP contribution in [0.15, 0.2) is 30.3 Å². The Kier molecular flexibility index (Phi) is 4.00. The first-order valence-corrected chi connectivity index (χ1v) is 8.11. The summed E-state index contributed by atoms with van der Waals surface area (Å²) in [4.78, 5) is 24.9. The second kappa shape index (κ2) is 5.96. The monoisotopic (exact) mass is 328 g/mol. The van der Waals surface area contributed by atoms with Gasteiger partial charge >= 0.3 is 5.97 Å². The summed E-state index contributed by atoms with van der Waals surface area (Å²) in [5.74, 6) is -1.38. The third-order valence-electron chi connectivity index (χ3n) is 4.08. The maximum absolute atomic E-state index is 12.4. The lowest BCUT2D eigenvalue weighted by atomic mass is 9.80. The Morgan fingerprint density at radius 1 is 1.35 bits per heavy atom. The predicted molar refractivity (Wildman–Crippen MR) is 89.2 cm³/mol. The number of benzene rings is 1. The van der Waals surface area contributed by atoms with Gasteiger partial charge in [-0.2, -0.15) is 0 Å². The average Bonchev–Trinajstić information content (AvgIpc) is 2.99. The number of nitrogens with two attached hydrogens (primary N) is 1. The third kappa shape index (κ3) is 3.03. The zero-order valence-electron chi connectivity index (χ0n) is 12.3. The highest BCUT2D eigenvalue weighted by Gasteiger charge is 2.29. The lowest BCUT2D eigenvalue weighted by molar-refractivity contribution is -0.137. The van der Waals surface area contributed by atoms with Gasteiger partial charge < -0.3 is 10.8 Å². The van der Waals surface area contributed by atoms with Gasteiger partial charge in [0, 0.05) is 16.4 Å². The van der Waals surface area contributed by atoms with Crippen LogP contribution in [0.2, 0.25) is 0 Å². The minimum absolute atomic E-state index is 0.0471. The van der Waals surface area contributed by atoms with E-state index in [9.17, 15) is 9.59 Å². The van der Waals surface area contributed by atoms with E-state index in [4.69, 9.17) is 16.2 Å². The highest BCUT2D eigenvalue weighted by Crippen LogP contribution is 2.33. The summed E-state index contributed by atoms with van der Waals surface area (Å²) in [6, 6.07) is 9.38. The topological polar surface area (TPSA) is 104 Å². The van der Waals surface area contributed by atoms with Gasteiger partial charge in [-0.1, -0.05) is 12.1 Å². The lowest BCUT2D eigenvalue weighted by Gasteiger charge is -2.22. The molecule has 1 atom stereocenters. The smallest absolute Gasteiger partial charge is 0.304 e. The van der Waals surface area contributed by atoms with E-state index >= 15 is 0 Å². The molecule has 0 saturated carbocycles. The van der Waals surface area contributed by atoms with Crippen LogP contribution in [0.25, 0.3) is 10.4 Å². The molecule has 5 nitrogen and oxygen atoms in total. The fourth-order valence-corrected chi connectivity index (χ4v) is 3.78. The molecule has 1 aromatic heterocycles. The van der Waals surface area contributed by atoms with Gasteiger partial charge in [-0.25, -0.2) is 0 Å². The molecule has 0 aliphatic heterocycles. The number of nitrogen functional groups attached to an aromatic ring is 1. The van der Waals surface area contributed by atoms with Gasteiger partial charge in [-0.05, 0) is 42.2 Å². The molecule has 2 aromatic rings. The van der Waals surface area contributed by atoms with Crippen molar-refractivity contribution in [2.45, 2.75) is 19.3 Å². The van der Waals surface area contributed by atoms with Crippen LogP contribution >= 0.6 is 11.3 Å². The molecule has 4 N–H and O–H groups in total. The van der Waals surface area contributed by atoms with E-state index in [1.807, 2.05) is 24.3 Å². The summed E-state index contributed by atoms with van der Waals surface area (Å²) < 4.78 is 0. The summed E-state index contributed by atoms with van der Waals surface area (Å²) >= 11 is 1.44. The summed E-state index contributed by atoms with van der Waals surface area (Å²) in [6.07, 6.45) is 1.18. The number of aliphatic carboxylic acids is 1. The van der Waals surface area contributed by atoms with Gasteiger partial charge in [0.15, 0.2) is 5.78 Å². The van der Waals surface area contributed by atoms with Crippen molar-refractivity contribution in [3.63, 3.8) is 0 Å². The number of ketones is 1. The molecule has 1 aliphatic rings. The van der Waals surface area contributed by atoms with Crippen molar-refractivity contribution in [2.24, 2.45) is 11.7 Å². The van der Waals surface area contributed by atoms with Gasteiger partial charge in [-0.3, -0.25) is 15.0 Å². The highest BCUT2D eigenvalue weighted by molar-refractivity contribution is 7.17. The van der Waals surface area contributed by atoms with Crippen molar-refractivity contribution in [3.05, 3.63) is 46.3 Å². The van der Waals surface area contributed by atoms with Crippen molar-refractivity contribution in [1.82, 2.24) is 0 Å². The number of Topliss-reactive ketones (excluding diaryl/α,β-unsaturated/α-hetero) is 1. The van der Waals surface area contributed by atoms with Crippen molar-refractivity contribution in [3.8, 4) is 10.4 Å². The Labute approximate surface area is 137 Å². The summed E-state index contributed by atoms with van der Waals surface area (Å²) in [5.41, 5.74) is 8.08. The van der Waals surface area contributed by atoms with E-state index in [1.165, 1.54) is 11.3 Å². The molecular formula is C17H16N2O3S. The van der Waals surface area contributed by atoms with Crippen LogP contribution in [0, 0.1) is 11.3 Å². The minimum Gasteiger partial charge on any atom is -0.481 e. The Bertz CT molecular complexity index is 810. The number of carboxylic acid groups (broad SMARTS) is 1. The molecule has 1 aromatic carbocycles. The Balaban J connectivity index is 1.90. The van der Waals surface area contributed by atoms with E-state index in [0.717, 1.165) is 20.9 Å². The zero-order valence-corrected chi connectivity index (χ0v) is 13.2. The van der Waals surface area contributed by atoms with Crippen LogP contribution in [0.3, 0.4) is 0 Å². The molecule has 0 saturated heterocycles. The highest BCUT2D eigenvalue weighted by atomic mass is 32.1. The summed E-state index contributed by atoms with van der Waals surface area (Å²) in [6.45, 7) is 0. The second-order valence-electron chi connectivity index (χ2n) is 5.65. The maximum Gasteiger partial charge on any atom is 0.304 e. The number of aryl methyl sites for hydroxylation is 1. The number of nitrogens with one attached hydrogen (secondary N) is 1. The third-order valence-corrected chi connectivity index (χ3v) is 5.25. The number of thiophene rings is 1. The van der Waals surface area contributed by atoms with Gasteiger partial charge in [0.25, 0.3) is 0 Å². The van der Waals surface area contributed by atoms with Crippen LogP contribution in [0.1, 0.15) is 33.6 Å². The van der Waals surface area contributed by atoms with E-state index in [-0.39, 0.29) is 18.0 Å². The first kappa shape index (κ1) is 15.4. The van der Waals surface area contributed by atoms with Gasteiger partial charge in [0.1, 0.15) is 5.84 Å². The molecule has 0 radical (unpaired) electrons. The quantitative estimate of drug-likeness (QED) is 0.593. The number of carbonyl (C=O) groups excluding carboxylic acids is 1. The average molecular weight is 328 g/mol. The molecule has 118 valence electrons. The molecule has 1 heterocycles. The number of amidine groups is 1. The first-order valence-electron chi connectivity index (χ1n) is 7.29. The van der Waals surface area contributed by atoms with E-state index in [0.29, 0.717) is 18.4 Å². The maximum atomic E-state index is 12.4. The molecule has 0 spiro atoms. The van der Waals surface area contributed by atoms with Crippen molar-refractivity contribution < 1.29 is 14.7 Å². The fourth-order valence-electron chi connectivity index (χ4n) is 2.92. The van der Waals surface area contributed by atoms with E-state index in [1.54, 1.807) is 6.07 Å².